The summed E-state index contributed by atoms with van der Waals surface area (Å²) in [5.74, 6) is -0.807. The van der Waals surface area contributed by atoms with Gasteiger partial charge < -0.3 is 4.74 Å². The first-order chi connectivity index (χ1) is 17.9. The number of pyridine rings is 1. The lowest BCUT2D eigenvalue weighted by molar-refractivity contribution is 0.0476. The van der Waals surface area contributed by atoms with Crippen LogP contribution in [0.25, 0.3) is 22.2 Å². The van der Waals surface area contributed by atoms with Gasteiger partial charge in [-0.05, 0) is 54.8 Å². The third-order valence-electron chi connectivity index (χ3n) is 6.31. The molecule has 0 radical (unpaired) electrons. The van der Waals surface area contributed by atoms with Gasteiger partial charge >= 0.3 is 5.97 Å². The zero-order valence-corrected chi connectivity index (χ0v) is 23.1. The van der Waals surface area contributed by atoms with E-state index in [0.29, 0.717) is 32.7 Å². The quantitative estimate of drug-likeness (QED) is 0.101. The van der Waals surface area contributed by atoms with Crippen LogP contribution in [0.2, 0.25) is 5.02 Å². The topological polar surface area (TPSA) is 56.3 Å². The van der Waals surface area contributed by atoms with Crippen LogP contribution in [0, 0.1) is 0 Å². The Morgan fingerprint density at radius 2 is 1.62 bits per heavy atom. The first-order valence-electron chi connectivity index (χ1n) is 12.6. The number of esters is 1. The van der Waals surface area contributed by atoms with E-state index in [4.69, 9.17) is 21.3 Å². The molecule has 0 amide bonds. The molecule has 0 saturated carbocycles. The summed E-state index contributed by atoms with van der Waals surface area (Å²) in [6.07, 6.45) is 7.17. The molecule has 0 N–H and O–H groups in total. The molecule has 1 aromatic heterocycles. The fourth-order valence-corrected chi connectivity index (χ4v) is 4.70. The predicted octanol–water partition coefficient (Wildman–Crippen LogP) is 8.87. The molecule has 0 saturated heterocycles. The Kier molecular flexibility index (Phi) is 9.48. The van der Waals surface area contributed by atoms with Gasteiger partial charge in [0.25, 0.3) is 0 Å². The molecule has 4 nitrogen and oxygen atoms in total. The Hall–Kier alpha value is -3.02. The number of rotatable bonds is 11. The molecule has 190 valence electrons. The van der Waals surface area contributed by atoms with E-state index in [-0.39, 0.29) is 12.4 Å². The van der Waals surface area contributed by atoms with E-state index in [9.17, 15) is 9.59 Å². The highest BCUT2D eigenvalue weighted by molar-refractivity contribution is 9.10. The molecule has 1 heterocycles. The molecular weight excluding hydrogens is 550 g/mol. The van der Waals surface area contributed by atoms with Crippen LogP contribution in [0.1, 0.15) is 65.3 Å². The second kappa shape index (κ2) is 13.0. The van der Waals surface area contributed by atoms with Crippen molar-refractivity contribution in [2.75, 3.05) is 6.61 Å². The number of halogens is 2. The smallest absolute Gasteiger partial charge is 0.339 e. The van der Waals surface area contributed by atoms with Crippen molar-refractivity contribution in [2.45, 2.75) is 45.4 Å². The second-order valence-electron chi connectivity index (χ2n) is 9.08. The SMILES string of the molecule is CCCCCCCc1ccc(C(=O)COC(=O)c2cc(-c3ccc(Cl)cc3)nc3ccc(Br)cc23)cc1. The number of ether oxygens (including phenoxy) is 1. The van der Waals surface area contributed by atoms with Gasteiger partial charge in [-0.1, -0.05) is 96.5 Å². The largest absolute Gasteiger partial charge is 0.454 e. The summed E-state index contributed by atoms with van der Waals surface area (Å²) >= 11 is 9.49. The number of aromatic nitrogens is 1. The van der Waals surface area contributed by atoms with Gasteiger partial charge in [0.05, 0.1) is 16.8 Å². The highest BCUT2D eigenvalue weighted by Crippen LogP contribution is 2.28. The molecule has 0 unspecified atom stereocenters. The van der Waals surface area contributed by atoms with E-state index < -0.39 is 5.97 Å². The maximum atomic E-state index is 13.2. The van der Waals surface area contributed by atoms with Crippen LogP contribution in [0.3, 0.4) is 0 Å². The van der Waals surface area contributed by atoms with Crippen molar-refractivity contribution in [1.29, 1.82) is 0 Å². The molecule has 6 heteroatoms. The van der Waals surface area contributed by atoms with Crippen molar-refractivity contribution in [2.24, 2.45) is 0 Å². The zero-order valence-electron chi connectivity index (χ0n) is 20.8. The van der Waals surface area contributed by atoms with Crippen LogP contribution in [0.4, 0.5) is 0 Å². The summed E-state index contributed by atoms with van der Waals surface area (Å²) in [5, 5.41) is 1.26. The normalized spacial score (nSPS) is 11.0. The lowest BCUT2D eigenvalue weighted by atomic mass is 10.0. The number of hydrogen-bond donors (Lipinski definition) is 0. The minimum atomic E-state index is -0.572. The number of aryl methyl sites for hydroxylation is 1. The fraction of sp³-hybridized carbons (Fsp3) is 0.258. The molecule has 0 aliphatic heterocycles. The lowest BCUT2D eigenvalue weighted by Crippen LogP contribution is -2.15. The Bertz CT molecular complexity index is 1380. The molecule has 0 aliphatic rings. The van der Waals surface area contributed by atoms with Crippen molar-refractivity contribution in [3.8, 4) is 11.3 Å². The lowest BCUT2D eigenvalue weighted by Gasteiger charge is -2.11. The standard InChI is InChI=1S/C31H29BrClNO3/c1-2-3-4-5-6-7-21-8-10-23(11-9-21)30(35)20-37-31(36)27-19-29(22-12-15-25(33)16-13-22)34-28-17-14-24(32)18-26(27)28/h8-19H,2-7,20H2,1H3. The van der Waals surface area contributed by atoms with Crippen LogP contribution in [-0.4, -0.2) is 23.3 Å². The van der Waals surface area contributed by atoms with Crippen LogP contribution >= 0.6 is 27.5 Å². The molecule has 3 aromatic carbocycles. The van der Waals surface area contributed by atoms with E-state index >= 15 is 0 Å². The summed E-state index contributed by atoms with van der Waals surface area (Å²) in [6.45, 7) is 1.88. The Morgan fingerprint density at radius 3 is 2.35 bits per heavy atom. The summed E-state index contributed by atoms with van der Waals surface area (Å²) in [7, 11) is 0. The van der Waals surface area contributed by atoms with Gasteiger partial charge in [0.2, 0.25) is 0 Å². The second-order valence-corrected chi connectivity index (χ2v) is 10.4. The van der Waals surface area contributed by atoms with Gasteiger partial charge in [0, 0.05) is 26.0 Å². The van der Waals surface area contributed by atoms with Gasteiger partial charge in [0.15, 0.2) is 12.4 Å². The summed E-state index contributed by atoms with van der Waals surface area (Å²) < 4.78 is 6.30. The van der Waals surface area contributed by atoms with Crippen molar-refractivity contribution in [1.82, 2.24) is 4.98 Å². The van der Waals surface area contributed by atoms with Crippen molar-refractivity contribution in [3.63, 3.8) is 0 Å². The highest BCUT2D eigenvalue weighted by atomic mass is 79.9. The van der Waals surface area contributed by atoms with E-state index in [1.807, 2.05) is 54.6 Å². The number of carbonyl (C=O) groups is 2. The molecule has 0 spiro atoms. The number of Topliss-reactive ketones (excluding diaryl/α,β-unsaturated/α-hetero) is 1. The minimum Gasteiger partial charge on any atom is -0.454 e. The molecule has 37 heavy (non-hydrogen) atoms. The Balaban J connectivity index is 1.46. The van der Waals surface area contributed by atoms with Crippen LogP contribution in [0.15, 0.2) is 77.3 Å². The molecule has 4 rings (SSSR count). The third kappa shape index (κ3) is 7.27. The monoisotopic (exact) mass is 577 g/mol. The number of ketones is 1. The number of unbranched alkanes of at least 4 members (excludes halogenated alkanes) is 4. The first-order valence-corrected chi connectivity index (χ1v) is 13.8. The van der Waals surface area contributed by atoms with Gasteiger partial charge in [0.1, 0.15) is 0 Å². The van der Waals surface area contributed by atoms with Crippen molar-refractivity contribution < 1.29 is 14.3 Å². The number of benzene rings is 3. The van der Waals surface area contributed by atoms with E-state index in [1.165, 1.54) is 31.2 Å². The summed E-state index contributed by atoms with van der Waals surface area (Å²) in [4.78, 5) is 30.6. The molecule has 0 aliphatic carbocycles. The number of nitrogens with zero attached hydrogens (tertiary/aromatic N) is 1. The molecule has 0 bridgehead atoms. The number of fused-ring (bicyclic) bond motifs is 1. The maximum Gasteiger partial charge on any atom is 0.339 e. The van der Waals surface area contributed by atoms with Crippen LogP contribution in [0.5, 0.6) is 0 Å². The Morgan fingerprint density at radius 1 is 0.892 bits per heavy atom. The molecule has 0 fully saturated rings. The Labute approximate surface area is 231 Å². The minimum absolute atomic E-state index is 0.236. The van der Waals surface area contributed by atoms with Crippen LogP contribution in [-0.2, 0) is 11.2 Å². The first kappa shape index (κ1) is 27.0. The molecular formula is C31H29BrClNO3. The highest BCUT2D eigenvalue weighted by Gasteiger charge is 2.18. The maximum absolute atomic E-state index is 13.2. The van der Waals surface area contributed by atoms with Crippen LogP contribution < -0.4 is 0 Å². The van der Waals surface area contributed by atoms with E-state index in [2.05, 4.69) is 22.9 Å². The van der Waals surface area contributed by atoms with E-state index in [0.717, 1.165) is 22.9 Å². The van der Waals surface area contributed by atoms with Crippen molar-refractivity contribution in [3.05, 3.63) is 99.0 Å². The average Bonchev–Trinajstić information content (AvgIpc) is 2.91. The van der Waals surface area contributed by atoms with Crippen molar-refractivity contribution >= 4 is 50.2 Å². The van der Waals surface area contributed by atoms with Gasteiger partial charge in [-0.3, -0.25) is 4.79 Å². The predicted molar refractivity (Wildman–Crippen MR) is 153 cm³/mol. The number of carbonyl (C=O) groups excluding carboxylic acids is 2. The van der Waals surface area contributed by atoms with Gasteiger partial charge in [-0.25, -0.2) is 9.78 Å². The average molecular weight is 579 g/mol. The van der Waals surface area contributed by atoms with Gasteiger partial charge in [-0.15, -0.1) is 0 Å². The molecule has 4 aromatic rings. The summed E-state index contributed by atoms with van der Waals surface area (Å²) in [5.41, 5.74) is 4.20. The zero-order chi connectivity index (χ0) is 26.2. The number of hydrogen-bond acceptors (Lipinski definition) is 4. The summed E-state index contributed by atoms with van der Waals surface area (Å²) in [6, 6.07) is 22.1. The van der Waals surface area contributed by atoms with Gasteiger partial charge in [-0.2, -0.15) is 0 Å². The molecule has 0 atom stereocenters. The fourth-order valence-electron chi connectivity index (χ4n) is 4.22. The van der Waals surface area contributed by atoms with E-state index in [1.54, 1.807) is 18.2 Å². The third-order valence-corrected chi connectivity index (χ3v) is 7.06.